The minimum absolute atomic E-state index is 0.242. The minimum atomic E-state index is -0.587. The molecule has 2 atom stereocenters. The average Bonchev–Trinajstić information content (AvgIpc) is 2.01. The van der Waals surface area contributed by atoms with E-state index in [0.717, 1.165) is 15.6 Å². The highest BCUT2D eigenvalue weighted by Crippen LogP contribution is 2.21. The summed E-state index contributed by atoms with van der Waals surface area (Å²) in [5, 5.41) is 9.70. The van der Waals surface area contributed by atoms with Gasteiger partial charge in [-0.2, -0.15) is 0 Å². The lowest BCUT2D eigenvalue weighted by Gasteiger charge is -2.15. The lowest BCUT2D eigenvalue weighted by molar-refractivity contribution is 0.153. The van der Waals surface area contributed by atoms with Crippen molar-refractivity contribution in [1.82, 2.24) is 0 Å². The standard InChI is InChI=1S/C10H14BrNO/c1-6-3-8(5-9(11)4-6)10(13)7(2)12/h3-5,7,10,13H,12H2,1-2H3/t7-,10-/m0/s1. The quantitative estimate of drug-likeness (QED) is 0.837. The molecule has 0 unspecified atom stereocenters. The van der Waals surface area contributed by atoms with Gasteiger partial charge < -0.3 is 10.8 Å². The first kappa shape index (κ1) is 10.7. The molecule has 0 aromatic heterocycles. The molecule has 0 saturated carbocycles. The van der Waals surface area contributed by atoms with E-state index in [-0.39, 0.29) is 6.04 Å². The molecule has 0 aliphatic carbocycles. The van der Waals surface area contributed by atoms with Gasteiger partial charge in [-0.3, -0.25) is 0 Å². The van der Waals surface area contributed by atoms with Gasteiger partial charge in [-0.05, 0) is 37.1 Å². The molecule has 0 spiro atoms. The van der Waals surface area contributed by atoms with E-state index in [9.17, 15) is 5.11 Å². The van der Waals surface area contributed by atoms with Crippen molar-refractivity contribution in [2.75, 3.05) is 0 Å². The van der Waals surface area contributed by atoms with Crippen LogP contribution in [-0.2, 0) is 0 Å². The zero-order valence-corrected chi connectivity index (χ0v) is 9.38. The van der Waals surface area contributed by atoms with E-state index >= 15 is 0 Å². The van der Waals surface area contributed by atoms with Gasteiger partial charge in [0.05, 0.1) is 6.10 Å². The largest absolute Gasteiger partial charge is 0.387 e. The molecule has 0 fully saturated rings. The molecule has 3 heteroatoms. The maximum atomic E-state index is 9.70. The van der Waals surface area contributed by atoms with Gasteiger partial charge in [0.15, 0.2) is 0 Å². The Morgan fingerprint density at radius 3 is 2.46 bits per heavy atom. The second kappa shape index (κ2) is 4.22. The summed E-state index contributed by atoms with van der Waals surface area (Å²) in [6.45, 7) is 3.78. The van der Waals surface area contributed by atoms with Gasteiger partial charge in [-0.1, -0.05) is 22.0 Å². The molecule has 1 aromatic rings. The Morgan fingerprint density at radius 2 is 2.00 bits per heavy atom. The zero-order valence-electron chi connectivity index (χ0n) is 7.79. The number of hydrogen-bond acceptors (Lipinski definition) is 2. The van der Waals surface area contributed by atoms with E-state index in [2.05, 4.69) is 15.9 Å². The lowest BCUT2D eigenvalue weighted by Crippen LogP contribution is -2.24. The lowest BCUT2D eigenvalue weighted by atomic mass is 10.0. The minimum Gasteiger partial charge on any atom is -0.387 e. The Morgan fingerprint density at radius 1 is 1.38 bits per heavy atom. The van der Waals surface area contributed by atoms with Crippen molar-refractivity contribution in [3.05, 3.63) is 33.8 Å². The fraction of sp³-hybridized carbons (Fsp3) is 0.400. The topological polar surface area (TPSA) is 46.2 Å². The van der Waals surface area contributed by atoms with E-state index in [1.807, 2.05) is 25.1 Å². The summed E-state index contributed by atoms with van der Waals surface area (Å²) in [5.74, 6) is 0. The fourth-order valence-corrected chi connectivity index (χ4v) is 1.86. The third kappa shape index (κ3) is 2.79. The van der Waals surface area contributed by atoms with Crippen molar-refractivity contribution in [2.45, 2.75) is 26.0 Å². The third-order valence-corrected chi connectivity index (χ3v) is 2.36. The summed E-state index contributed by atoms with van der Waals surface area (Å²) in [7, 11) is 0. The Hall–Kier alpha value is -0.380. The molecule has 72 valence electrons. The Balaban J connectivity index is 3.01. The predicted octanol–water partition coefficient (Wildman–Crippen LogP) is 2.14. The van der Waals surface area contributed by atoms with Gasteiger partial charge in [-0.25, -0.2) is 0 Å². The van der Waals surface area contributed by atoms with Crippen LogP contribution < -0.4 is 5.73 Å². The van der Waals surface area contributed by atoms with E-state index in [1.54, 1.807) is 6.92 Å². The summed E-state index contributed by atoms with van der Waals surface area (Å²) in [4.78, 5) is 0. The molecular formula is C10H14BrNO. The van der Waals surface area contributed by atoms with Crippen LogP contribution >= 0.6 is 15.9 Å². The SMILES string of the molecule is Cc1cc(Br)cc([C@@H](O)[C@H](C)N)c1. The normalized spacial score (nSPS) is 15.5. The van der Waals surface area contributed by atoms with E-state index < -0.39 is 6.10 Å². The van der Waals surface area contributed by atoms with Crippen LogP contribution in [0.2, 0.25) is 0 Å². The first-order valence-electron chi connectivity index (χ1n) is 4.21. The summed E-state index contributed by atoms with van der Waals surface area (Å²) >= 11 is 3.38. The van der Waals surface area contributed by atoms with Crippen LogP contribution in [0.3, 0.4) is 0 Å². The van der Waals surface area contributed by atoms with Gasteiger partial charge >= 0.3 is 0 Å². The number of hydrogen-bond donors (Lipinski definition) is 2. The first-order valence-corrected chi connectivity index (χ1v) is 5.00. The maximum Gasteiger partial charge on any atom is 0.0938 e. The molecule has 2 nitrogen and oxygen atoms in total. The van der Waals surface area contributed by atoms with Crippen LogP contribution in [0.5, 0.6) is 0 Å². The molecule has 0 saturated heterocycles. The summed E-state index contributed by atoms with van der Waals surface area (Å²) < 4.78 is 0.974. The van der Waals surface area contributed by atoms with Crippen molar-refractivity contribution in [3.8, 4) is 0 Å². The average molecular weight is 244 g/mol. The van der Waals surface area contributed by atoms with Crippen LogP contribution in [0.4, 0.5) is 0 Å². The molecule has 13 heavy (non-hydrogen) atoms. The van der Waals surface area contributed by atoms with E-state index in [1.165, 1.54) is 0 Å². The molecule has 3 N–H and O–H groups in total. The zero-order chi connectivity index (χ0) is 10.0. The molecule has 0 aliphatic rings. The van der Waals surface area contributed by atoms with Gasteiger partial charge in [0, 0.05) is 10.5 Å². The highest BCUT2D eigenvalue weighted by Gasteiger charge is 2.12. The van der Waals surface area contributed by atoms with Crippen LogP contribution in [0, 0.1) is 6.92 Å². The van der Waals surface area contributed by atoms with Gasteiger partial charge in [0.2, 0.25) is 0 Å². The van der Waals surface area contributed by atoms with Crippen LogP contribution in [0.15, 0.2) is 22.7 Å². The van der Waals surface area contributed by atoms with Crippen molar-refractivity contribution < 1.29 is 5.11 Å². The number of benzene rings is 1. The number of rotatable bonds is 2. The Kier molecular flexibility index (Phi) is 3.47. The van der Waals surface area contributed by atoms with Crippen molar-refractivity contribution in [1.29, 1.82) is 0 Å². The molecule has 0 aliphatic heterocycles. The Labute approximate surface area is 86.9 Å². The Bertz CT molecular complexity index is 279. The third-order valence-electron chi connectivity index (χ3n) is 1.90. The van der Waals surface area contributed by atoms with Crippen LogP contribution in [-0.4, -0.2) is 11.1 Å². The maximum absolute atomic E-state index is 9.70. The van der Waals surface area contributed by atoms with Crippen LogP contribution in [0.25, 0.3) is 0 Å². The molecule has 0 bridgehead atoms. The van der Waals surface area contributed by atoms with Crippen molar-refractivity contribution in [2.24, 2.45) is 5.73 Å². The molecular weight excluding hydrogens is 230 g/mol. The molecule has 1 aromatic carbocycles. The first-order chi connectivity index (χ1) is 6.00. The molecule has 0 heterocycles. The summed E-state index contributed by atoms with van der Waals surface area (Å²) in [6, 6.07) is 5.59. The number of aryl methyl sites for hydroxylation is 1. The van der Waals surface area contributed by atoms with Crippen molar-refractivity contribution >= 4 is 15.9 Å². The number of nitrogens with two attached hydrogens (primary N) is 1. The van der Waals surface area contributed by atoms with Gasteiger partial charge in [0.25, 0.3) is 0 Å². The van der Waals surface area contributed by atoms with E-state index in [0.29, 0.717) is 0 Å². The second-order valence-corrected chi connectivity index (χ2v) is 4.28. The smallest absolute Gasteiger partial charge is 0.0938 e. The highest BCUT2D eigenvalue weighted by molar-refractivity contribution is 9.10. The van der Waals surface area contributed by atoms with E-state index in [4.69, 9.17) is 5.73 Å². The van der Waals surface area contributed by atoms with Crippen LogP contribution in [0.1, 0.15) is 24.2 Å². The van der Waals surface area contributed by atoms with Gasteiger partial charge in [-0.15, -0.1) is 0 Å². The predicted molar refractivity (Wildman–Crippen MR) is 57.5 cm³/mol. The summed E-state index contributed by atoms with van der Waals surface area (Å²) in [6.07, 6.45) is -0.587. The molecule has 0 radical (unpaired) electrons. The molecule has 0 amide bonds. The number of aliphatic hydroxyl groups is 1. The number of aliphatic hydroxyl groups excluding tert-OH is 1. The summed E-state index contributed by atoms with van der Waals surface area (Å²) in [5.41, 5.74) is 7.58. The monoisotopic (exact) mass is 243 g/mol. The molecule has 1 rings (SSSR count). The number of halogens is 1. The highest BCUT2D eigenvalue weighted by atomic mass is 79.9. The van der Waals surface area contributed by atoms with Crippen molar-refractivity contribution in [3.63, 3.8) is 0 Å². The second-order valence-electron chi connectivity index (χ2n) is 3.37. The fourth-order valence-electron chi connectivity index (χ4n) is 1.24. The van der Waals surface area contributed by atoms with Gasteiger partial charge in [0.1, 0.15) is 0 Å².